The first-order valence-corrected chi connectivity index (χ1v) is 9.00. The monoisotopic (exact) mass is 383 g/mol. The van der Waals surface area contributed by atoms with Crippen molar-refractivity contribution in [2.75, 3.05) is 26.8 Å². The lowest BCUT2D eigenvalue weighted by Crippen LogP contribution is -2.31. The van der Waals surface area contributed by atoms with E-state index in [1.807, 2.05) is 13.0 Å². The lowest BCUT2D eigenvalue weighted by atomic mass is 10.2. The Labute approximate surface area is 134 Å². The molecule has 0 heterocycles. The molecule has 4 nitrogen and oxygen atoms in total. The zero-order chi connectivity index (χ0) is 15.3. The first-order valence-electron chi connectivity index (χ1n) is 6.23. The van der Waals surface area contributed by atoms with Gasteiger partial charge in [-0.3, -0.25) is 0 Å². The first kappa shape index (κ1) is 17.9. The molecule has 0 unspecified atom stereocenters. The van der Waals surface area contributed by atoms with Gasteiger partial charge < -0.3 is 4.74 Å². The second kappa shape index (κ2) is 7.75. The van der Waals surface area contributed by atoms with Gasteiger partial charge in [-0.1, -0.05) is 15.9 Å². The summed E-state index contributed by atoms with van der Waals surface area (Å²) in [5.74, 6) is 0.268. The highest BCUT2D eigenvalue weighted by Gasteiger charge is 2.24. The largest absolute Gasteiger partial charge is 0.380 e. The molecule has 0 aliphatic rings. The molecule has 0 aliphatic heterocycles. The van der Waals surface area contributed by atoms with E-state index in [0.29, 0.717) is 25.3 Å². The van der Waals surface area contributed by atoms with E-state index in [0.717, 1.165) is 10.0 Å². The predicted octanol–water partition coefficient (Wildman–Crippen LogP) is 3.15. The third-order valence-electron chi connectivity index (χ3n) is 2.95. The first-order chi connectivity index (χ1) is 9.34. The smallest absolute Gasteiger partial charge is 0.243 e. The summed E-state index contributed by atoms with van der Waals surface area (Å²) < 4.78 is 32.4. The van der Waals surface area contributed by atoms with E-state index >= 15 is 0 Å². The number of ether oxygens (including phenoxy) is 1. The van der Waals surface area contributed by atoms with Gasteiger partial charge in [0.05, 0.1) is 11.5 Å². The summed E-state index contributed by atoms with van der Waals surface area (Å²) in [5, 5.41) is 0. The van der Waals surface area contributed by atoms with Gasteiger partial charge in [0.25, 0.3) is 0 Å². The lowest BCUT2D eigenvalue weighted by molar-refractivity contribution is 0.138. The fraction of sp³-hybridized carbons (Fsp3) is 0.538. The molecule has 0 amide bonds. The lowest BCUT2D eigenvalue weighted by Gasteiger charge is -2.19. The van der Waals surface area contributed by atoms with Crippen molar-refractivity contribution in [1.82, 2.24) is 4.31 Å². The summed E-state index contributed by atoms with van der Waals surface area (Å²) in [6.45, 7) is 4.91. The van der Waals surface area contributed by atoms with Crippen molar-refractivity contribution in [2.45, 2.75) is 24.6 Å². The van der Waals surface area contributed by atoms with Crippen LogP contribution >= 0.6 is 27.5 Å². The van der Waals surface area contributed by atoms with Crippen molar-refractivity contribution in [3.8, 4) is 0 Å². The van der Waals surface area contributed by atoms with E-state index < -0.39 is 10.0 Å². The van der Waals surface area contributed by atoms with Crippen LogP contribution in [0.5, 0.6) is 0 Å². The number of rotatable bonds is 7. The fourth-order valence-electron chi connectivity index (χ4n) is 1.68. The van der Waals surface area contributed by atoms with Crippen molar-refractivity contribution >= 4 is 37.6 Å². The van der Waals surface area contributed by atoms with E-state index in [1.54, 1.807) is 20.0 Å². The summed E-state index contributed by atoms with van der Waals surface area (Å²) in [7, 11) is -1.99. The average Bonchev–Trinajstić information content (AvgIpc) is 2.41. The Balaban J connectivity index is 3.11. The Morgan fingerprint density at radius 2 is 2.05 bits per heavy atom. The molecule has 1 aromatic carbocycles. The minimum absolute atomic E-state index is 0.268. The second-order valence-corrected chi connectivity index (χ2v) is 7.49. The predicted molar refractivity (Wildman–Crippen MR) is 84.7 cm³/mol. The maximum absolute atomic E-state index is 12.6. The highest BCUT2D eigenvalue weighted by atomic mass is 79.9. The molecule has 0 radical (unpaired) electrons. The standard InChI is InChI=1S/C13H19BrClNO3S/c1-4-19-6-5-16(3)20(17,18)13-8-11(9-15)7-12(14)10(13)2/h7-8H,4-6,9H2,1-3H3. The Bertz CT molecular complexity index is 563. The molecular weight excluding hydrogens is 366 g/mol. The van der Waals surface area contributed by atoms with Crippen molar-refractivity contribution < 1.29 is 13.2 Å². The number of alkyl halides is 1. The minimum atomic E-state index is -3.54. The van der Waals surface area contributed by atoms with E-state index in [9.17, 15) is 8.42 Å². The van der Waals surface area contributed by atoms with Gasteiger partial charge in [0, 0.05) is 30.6 Å². The van der Waals surface area contributed by atoms with Gasteiger partial charge in [0.2, 0.25) is 10.0 Å². The van der Waals surface area contributed by atoms with Gasteiger partial charge in [-0.15, -0.1) is 11.6 Å². The quantitative estimate of drug-likeness (QED) is 0.536. The van der Waals surface area contributed by atoms with Crippen molar-refractivity contribution in [3.05, 3.63) is 27.7 Å². The molecule has 0 aromatic heterocycles. The van der Waals surface area contributed by atoms with E-state index in [4.69, 9.17) is 16.3 Å². The molecule has 0 bridgehead atoms. The van der Waals surface area contributed by atoms with E-state index in [2.05, 4.69) is 15.9 Å². The van der Waals surface area contributed by atoms with Crippen LogP contribution in [0.2, 0.25) is 0 Å². The third kappa shape index (κ3) is 4.18. The highest BCUT2D eigenvalue weighted by Crippen LogP contribution is 2.28. The number of likely N-dealkylation sites (N-methyl/N-ethyl adjacent to an activating group) is 1. The second-order valence-electron chi connectivity index (χ2n) is 4.36. The van der Waals surface area contributed by atoms with Crippen molar-refractivity contribution in [3.63, 3.8) is 0 Å². The van der Waals surface area contributed by atoms with E-state index in [1.165, 1.54) is 4.31 Å². The van der Waals surface area contributed by atoms with Gasteiger partial charge in [0.1, 0.15) is 0 Å². The summed E-state index contributed by atoms with van der Waals surface area (Å²) in [6.07, 6.45) is 0. The van der Waals surface area contributed by atoms with Gasteiger partial charge in [0.15, 0.2) is 0 Å². The van der Waals surface area contributed by atoms with Crippen LogP contribution in [0.25, 0.3) is 0 Å². The van der Waals surface area contributed by atoms with E-state index in [-0.39, 0.29) is 10.8 Å². The maximum Gasteiger partial charge on any atom is 0.243 e. The molecule has 114 valence electrons. The Kier molecular flexibility index (Phi) is 6.94. The maximum atomic E-state index is 12.6. The van der Waals surface area contributed by atoms with Crippen LogP contribution in [-0.4, -0.2) is 39.5 Å². The van der Waals surface area contributed by atoms with Gasteiger partial charge in [-0.05, 0) is 37.1 Å². The number of hydrogen-bond acceptors (Lipinski definition) is 3. The van der Waals surface area contributed by atoms with Crippen LogP contribution in [0.3, 0.4) is 0 Å². The molecule has 7 heteroatoms. The number of sulfonamides is 1. The summed E-state index contributed by atoms with van der Waals surface area (Å²) in [6, 6.07) is 3.46. The summed E-state index contributed by atoms with van der Waals surface area (Å²) >= 11 is 9.18. The Morgan fingerprint density at radius 3 is 2.60 bits per heavy atom. The molecule has 0 saturated carbocycles. The number of nitrogens with zero attached hydrogens (tertiary/aromatic N) is 1. The van der Waals surface area contributed by atoms with Crippen LogP contribution in [0, 0.1) is 6.92 Å². The van der Waals surface area contributed by atoms with Crippen LogP contribution in [-0.2, 0) is 20.6 Å². The molecule has 0 N–H and O–H groups in total. The molecule has 0 aliphatic carbocycles. The zero-order valence-corrected chi connectivity index (χ0v) is 15.0. The topological polar surface area (TPSA) is 46.6 Å². The average molecular weight is 385 g/mol. The van der Waals surface area contributed by atoms with Crippen molar-refractivity contribution in [1.29, 1.82) is 0 Å². The Morgan fingerprint density at radius 1 is 1.40 bits per heavy atom. The van der Waals surface area contributed by atoms with Gasteiger partial charge in [-0.25, -0.2) is 8.42 Å². The normalized spacial score (nSPS) is 12.1. The molecule has 0 atom stereocenters. The minimum Gasteiger partial charge on any atom is -0.380 e. The number of hydrogen-bond donors (Lipinski definition) is 0. The molecule has 0 spiro atoms. The van der Waals surface area contributed by atoms with Gasteiger partial charge >= 0.3 is 0 Å². The SMILES string of the molecule is CCOCCN(C)S(=O)(=O)c1cc(CCl)cc(Br)c1C. The summed E-state index contributed by atoms with van der Waals surface area (Å²) in [5.41, 5.74) is 1.45. The van der Waals surface area contributed by atoms with Crippen LogP contribution < -0.4 is 0 Å². The van der Waals surface area contributed by atoms with Crippen LogP contribution in [0.4, 0.5) is 0 Å². The van der Waals surface area contributed by atoms with Gasteiger partial charge in [-0.2, -0.15) is 4.31 Å². The molecule has 1 aromatic rings. The summed E-state index contributed by atoms with van der Waals surface area (Å²) in [4.78, 5) is 0.279. The molecule has 1 rings (SSSR count). The zero-order valence-electron chi connectivity index (χ0n) is 11.8. The molecule has 20 heavy (non-hydrogen) atoms. The molecule has 0 saturated heterocycles. The molecular formula is C13H19BrClNO3S. The number of halogens is 2. The van der Waals surface area contributed by atoms with Crippen LogP contribution in [0.15, 0.2) is 21.5 Å². The highest BCUT2D eigenvalue weighted by molar-refractivity contribution is 9.10. The van der Waals surface area contributed by atoms with Crippen molar-refractivity contribution in [2.24, 2.45) is 0 Å². The molecule has 0 fully saturated rings. The Hall–Kier alpha value is -0.140. The fourth-order valence-corrected chi connectivity index (χ4v) is 3.92. The number of benzene rings is 1. The van der Waals surface area contributed by atoms with Crippen LogP contribution in [0.1, 0.15) is 18.1 Å². The third-order valence-corrected chi connectivity index (χ3v) is 6.07.